The molecule has 1 aliphatic heterocycles. The Hall–Kier alpha value is -1.39. The molecule has 1 amide bonds. The largest absolute Gasteiger partial charge is 0.381 e. The summed E-state index contributed by atoms with van der Waals surface area (Å²) in [5.41, 5.74) is 8.06. The van der Waals surface area contributed by atoms with Gasteiger partial charge in [-0.05, 0) is 30.4 Å². The molecule has 0 bridgehead atoms. The van der Waals surface area contributed by atoms with Crippen molar-refractivity contribution in [3.05, 3.63) is 35.4 Å². The molecule has 1 fully saturated rings. The minimum absolute atomic E-state index is 0.00229. The lowest BCUT2D eigenvalue weighted by Gasteiger charge is -2.39. The zero-order valence-corrected chi connectivity index (χ0v) is 11.0. The smallest absolute Gasteiger partial charge is 0.228 e. The van der Waals surface area contributed by atoms with Crippen molar-refractivity contribution < 1.29 is 9.53 Å². The maximum absolute atomic E-state index is 12.4. The SMILES string of the molecule is NCC1(NC(=O)C2Cc3ccccc32)CCOCC1. The molecule has 1 aromatic carbocycles. The summed E-state index contributed by atoms with van der Waals surface area (Å²) >= 11 is 0. The molecular formula is C15H20N2O2. The zero-order chi connectivity index (χ0) is 13.3. The Bertz CT molecular complexity index is 481. The van der Waals surface area contributed by atoms with Gasteiger partial charge in [0.15, 0.2) is 0 Å². The second-order valence-electron chi connectivity index (χ2n) is 5.54. The van der Waals surface area contributed by atoms with Crippen molar-refractivity contribution in [3.8, 4) is 0 Å². The van der Waals surface area contributed by atoms with E-state index in [-0.39, 0.29) is 17.4 Å². The number of hydrogen-bond donors (Lipinski definition) is 2. The van der Waals surface area contributed by atoms with Gasteiger partial charge in [-0.1, -0.05) is 24.3 Å². The average molecular weight is 260 g/mol. The number of rotatable bonds is 3. The van der Waals surface area contributed by atoms with E-state index in [0.717, 1.165) is 19.3 Å². The number of benzene rings is 1. The molecule has 0 aromatic heterocycles. The number of amides is 1. The lowest BCUT2D eigenvalue weighted by atomic mass is 9.76. The Morgan fingerprint density at radius 1 is 1.37 bits per heavy atom. The summed E-state index contributed by atoms with van der Waals surface area (Å²) in [6.07, 6.45) is 2.46. The van der Waals surface area contributed by atoms with Crippen molar-refractivity contribution >= 4 is 5.91 Å². The Labute approximate surface area is 113 Å². The van der Waals surface area contributed by atoms with Crippen molar-refractivity contribution in [2.24, 2.45) is 5.73 Å². The molecule has 1 aliphatic carbocycles. The third kappa shape index (κ3) is 2.26. The van der Waals surface area contributed by atoms with E-state index in [4.69, 9.17) is 10.5 Å². The van der Waals surface area contributed by atoms with Crippen molar-refractivity contribution in [1.29, 1.82) is 0 Å². The molecule has 102 valence electrons. The van der Waals surface area contributed by atoms with E-state index in [0.29, 0.717) is 19.8 Å². The summed E-state index contributed by atoms with van der Waals surface area (Å²) in [5, 5.41) is 3.18. The molecule has 19 heavy (non-hydrogen) atoms. The molecule has 3 rings (SSSR count). The van der Waals surface area contributed by atoms with Gasteiger partial charge in [-0.3, -0.25) is 4.79 Å². The summed E-state index contributed by atoms with van der Waals surface area (Å²) < 4.78 is 5.36. The van der Waals surface area contributed by atoms with Crippen LogP contribution in [0.3, 0.4) is 0 Å². The molecule has 0 radical (unpaired) electrons. The number of ether oxygens (including phenoxy) is 1. The third-order valence-corrected chi connectivity index (χ3v) is 4.40. The van der Waals surface area contributed by atoms with Crippen LogP contribution in [-0.2, 0) is 16.0 Å². The molecule has 1 saturated heterocycles. The van der Waals surface area contributed by atoms with Crippen LogP contribution in [0, 0.1) is 0 Å². The summed E-state index contributed by atoms with van der Waals surface area (Å²) in [6.45, 7) is 1.84. The first kappa shape index (κ1) is 12.6. The summed E-state index contributed by atoms with van der Waals surface area (Å²) in [4.78, 5) is 12.4. The van der Waals surface area contributed by atoms with Crippen molar-refractivity contribution in [2.45, 2.75) is 30.7 Å². The fourth-order valence-electron chi connectivity index (χ4n) is 2.98. The number of nitrogens with one attached hydrogen (secondary N) is 1. The van der Waals surface area contributed by atoms with Crippen molar-refractivity contribution in [3.63, 3.8) is 0 Å². The van der Waals surface area contributed by atoms with E-state index >= 15 is 0 Å². The maximum Gasteiger partial charge on any atom is 0.228 e. The molecular weight excluding hydrogens is 240 g/mol. The first-order valence-corrected chi connectivity index (χ1v) is 6.92. The van der Waals surface area contributed by atoms with E-state index in [1.54, 1.807) is 0 Å². The second kappa shape index (κ2) is 4.94. The zero-order valence-electron chi connectivity index (χ0n) is 11.0. The highest BCUT2D eigenvalue weighted by atomic mass is 16.5. The highest BCUT2D eigenvalue weighted by Gasteiger charge is 2.38. The lowest BCUT2D eigenvalue weighted by molar-refractivity contribution is -0.126. The summed E-state index contributed by atoms with van der Waals surface area (Å²) in [5.74, 6) is 0.119. The molecule has 4 heteroatoms. The second-order valence-corrected chi connectivity index (χ2v) is 5.54. The van der Waals surface area contributed by atoms with Gasteiger partial charge in [-0.25, -0.2) is 0 Å². The Morgan fingerprint density at radius 3 is 2.79 bits per heavy atom. The molecule has 3 N–H and O–H groups in total. The standard InChI is InChI=1S/C15H20N2O2/c16-10-15(5-7-19-8-6-15)17-14(18)13-9-11-3-1-2-4-12(11)13/h1-4,13H,5-10,16H2,(H,17,18). The molecule has 0 saturated carbocycles. The Balaban J connectivity index is 1.69. The molecule has 0 spiro atoms. The Kier molecular flexibility index (Phi) is 3.29. The van der Waals surface area contributed by atoms with E-state index < -0.39 is 0 Å². The molecule has 1 unspecified atom stereocenters. The van der Waals surface area contributed by atoms with Crippen LogP contribution < -0.4 is 11.1 Å². The van der Waals surface area contributed by atoms with Gasteiger partial charge < -0.3 is 15.8 Å². The van der Waals surface area contributed by atoms with Crippen molar-refractivity contribution in [1.82, 2.24) is 5.32 Å². The molecule has 1 atom stereocenters. The van der Waals surface area contributed by atoms with Gasteiger partial charge in [0.2, 0.25) is 5.91 Å². The van der Waals surface area contributed by atoms with E-state index in [1.165, 1.54) is 11.1 Å². The predicted molar refractivity (Wildman–Crippen MR) is 72.9 cm³/mol. The fourth-order valence-corrected chi connectivity index (χ4v) is 2.98. The average Bonchev–Trinajstić information content (AvgIpc) is 2.41. The van der Waals surface area contributed by atoms with Crippen LogP contribution in [0.5, 0.6) is 0 Å². The monoisotopic (exact) mass is 260 g/mol. The van der Waals surface area contributed by atoms with Crippen LogP contribution in [-0.4, -0.2) is 31.2 Å². The van der Waals surface area contributed by atoms with Gasteiger partial charge in [0, 0.05) is 19.8 Å². The van der Waals surface area contributed by atoms with Gasteiger partial charge in [-0.15, -0.1) is 0 Å². The summed E-state index contributed by atoms with van der Waals surface area (Å²) in [6, 6.07) is 8.15. The minimum Gasteiger partial charge on any atom is -0.381 e. The number of carbonyl (C=O) groups is 1. The molecule has 1 heterocycles. The third-order valence-electron chi connectivity index (χ3n) is 4.40. The Morgan fingerprint density at radius 2 is 2.11 bits per heavy atom. The lowest BCUT2D eigenvalue weighted by Crippen LogP contribution is -2.58. The minimum atomic E-state index is -0.264. The van der Waals surface area contributed by atoms with Gasteiger partial charge in [-0.2, -0.15) is 0 Å². The van der Waals surface area contributed by atoms with E-state index in [1.807, 2.05) is 18.2 Å². The quantitative estimate of drug-likeness (QED) is 0.850. The first-order chi connectivity index (χ1) is 9.24. The summed E-state index contributed by atoms with van der Waals surface area (Å²) in [7, 11) is 0. The fraction of sp³-hybridized carbons (Fsp3) is 0.533. The van der Waals surface area contributed by atoms with Crippen LogP contribution in [0.25, 0.3) is 0 Å². The van der Waals surface area contributed by atoms with Gasteiger partial charge in [0.25, 0.3) is 0 Å². The van der Waals surface area contributed by atoms with Crippen LogP contribution in [0.4, 0.5) is 0 Å². The van der Waals surface area contributed by atoms with E-state index in [9.17, 15) is 4.79 Å². The van der Waals surface area contributed by atoms with Gasteiger partial charge in [0.1, 0.15) is 0 Å². The van der Waals surface area contributed by atoms with Crippen LogP contribution in [0.2, 0.25) is 0 Å². The number of carbonyl (C=O) groups excluding carboxylic acids is 1. The molecule has 2 aliphatic rings. The number of hydrogen-bond acceptors (Lipinski definition) is 3. The van der Waals surface area contributed by atoms with Gasteiger partial charge in [0.05, 0.1) is 11.5 Å². The number of fused-ring (bicyclic) bond motifs is 1. The molecule has 4 nitrogen and oxygen atoms in total. The maximum atomic E-state index is 12.4. The normalized spacial score (nSPS) is 24.2. The van der Waals surface area contributed by atoms with Crippen LogP contribution >= 0.6 is 0 Å². The van der Waals surface area contributed by atoms with Crippen LogP contribution in [0.1, 0.15) is 29.9 Å². The van der Waals surface area contributed by atoms with Crippen molar-refractivity contribution in [2.75, 3.05) is 19.8 Å². The topological polar surface area (TPSA) is 64.3 Å². The number of nitrogens with two attached hydrogens (primary N) is 1. The van der Waals surface area contributed by atoms with Crippen LogP contribution in [0.15, 0.2) is 24.3 Å². The highest BCUT2D eigenvalue weighted by molar-refractivity contribution is 5.87. The highest BCUT2D eigenvalue weighted by Crippen LogP contribution is 2.35. The van der Waals surface area contributed by atoms with E-state index in [2.05, 4.69) is 11.4 Å². The predicted octanol–water partition coefficient (Wildman–Crippen LogP) is 0.950. The first-order valence-electron chi connectivity index (χ1n) is 6.92. The van der Waals surface area contributed by atoms with Gasteiger partial charge >= 0.3 is 0 Å². The molecule has 1 aromatic rings.